The molecule has 0 bridgehead atoms. The van der Waals surface area contributed by atoms with Gasteiger partial charge < -0.3 is 10.3 Å². The first-order valence-electron chi connectivity index (χ1n) is 10.7. The molecule has 3 aromatic rings. The summed E-state index contributed by atoms with van der Waals surface area (Å²) in [6.07, 6.45) is 3.86. The fourth-order valence-electron chi connectivity index (χ4n) is 4.27. The van der Waals surface area contributed by atoms with E-state index in [-0.39, 0.29) is 11.7 Å². The second kappa shape index (κ2) is 9.52. The molecular formula is C25H27N3O2S. The second-order valence-electron chi connectivity index (χ2n) is 7.96. The Hall–Kier alpha value is -2.86. The zero-order valence-electron chi connectivity index (χ0n) is 17.9. The minimum absolute atomic E-state index is 0.161. The molecule has 1 unspecified atom stereocenters. The van der Waals surface area contributed by atoms with Gasteiger partial charge in [-0.05, 0) is 47.1 Å². The number of anilines is 1. The topological polar surface area (TPSA) is 74.8 Å². The molecule has 0 saturated heterocycles. The van der Waals surface area contributed by atoms with Crippen molar-refractivity contribution in [1.82, 2.24) is 9.97 Å². The monoisotopic (exact) mass is 433 g/mol. The van der Waals surface area contributed by atoms with E-state index in [2.05, 4.69) is 34.3 Å². The molecule has 0 fully saturated rings. The van der Waals surface area contributed by atoms with Crippen molar-refractivity contribution in [3.63, 3.8) is 0 Å². The van der Waals surface area contributed by atoms with E-state index in [4.69, 9.17) is 0 Å². The number of Topliss-reactive ketones (excluding diaryl/α,β-unsaturated/α-hetero) is 1. The van der Waals surface area contributed by atoms with Crippen molar-refractivity contribution in [3.05, 3.63) is 71.0 Å². The summed E-state index contributed by atoms with van der Waals surface area (Å²) >= 11 is 1.89. The number of hydrogen-bond donors (Lipinski definition) is 2. The van der Waals surface area contributed by atoms with Crippen molar-refractivity contribution in [2.45, 2.75) is 33.1 Å². The van der Waals surface area contributed by atoms with Crippen LogP contribution in [0.5, 0.6) is 0 Å². The van der Waals surface area contributed by atoms with Crippen molar-refractivity contribution in [1.29, 1.82) is 0 Å². The van der Waals surface area contributed by atoms with Gasteiger partial charge in [0, 0.05) is 42.8 Å². The number of nitrogens with zero attached hydrogens (tertiary/aromatic N) is 1. The first-order chi connectivity index (χ1) is 15.0. The van der Waals surface area contributed by atoms with Crippen molar-refractivity contribution >= 4 is 29.3 Å². The molecule has 2 N–H and O–H groups in total. The molecule has 0 saturated carbocycles. The minimum atomic E-state index is -0.161. The summed E-state index contributed by atoms with van der Waals surface area (Å²) in [7, 11) is 0. The summed E-state index contributed by atoms with van der Waals surface area (Å²) in [6.45, 7) is 3.62. The SMILES string of the molecule is CCSCC1CC(=O)c2c([nH]c(-c3ccnc(NC(C)=O)c3)c2Cc2ccccc2)C1. The lowest BCUT2D eigenvalue weighted by Crippen LogP contribution is -2.22. The van der Waals surface area contributed by atoms with Crippen LogP contribution in [-0.2, 0) is 17.6 Å². The summed E-state index contributed by atoms with van der Waals surface area (Å²) in [4.78, 5) is 32.5. The van der Waals surface area contributed by atoms with Gasteiger partial charge >= 0.3 is 0 Å². The fraction of sp³-hybridized carbons (Fsp3) is 0.320. The molecule has 4 rings (SSSR count). The van der Waals surface area contributed by atoms with Gasteiger partial charge in [0.1, 0.15) is 5.82 Å². The number of thioether (sulfide) groups is 1. The molecule has 6 heteroatoms. The third kappa shape index (κ3) is 4.90. The van der Waals surface area contributed by atoms with Crippen LogP contribution in [0.1, 0.15) is 47.4 Å². The van der Waals surface area contributed by atoms with Crippen LogP contribution in [0.4, 0.5) is 5.82 Å². The molecular weight excluding hydrogens is 406 g/mol. The van der Waals surface area contributed by atoms with E-state index in [1.807, 2.05) is 42.1 Å². The van der Waals surface area contributed by atoms with E-state index < -0.39 is 0 Å². The lowest BCUT2D eigenvalue weighted by Gasteiger charge is -2.21. The van der Waals surface area contributed by atoms with Gasteiger partial charge in [0.05, 0.1) is 5.69 Å². The van der Waals surface area contributed by atoms with Gasteiger partial charge in [-0.15, -0.1) is 0 Å². The lowest BCUT2D eigenvalue weighted by atomic mass is 9.84. The standard InChI is InChI=1S/C25H27N3O2S/c1-3-31-15-18-12-21-24(22(30)13-18)20(11-17-7-5-4-6-8-17)25(28-21)19-9-10-26-23(14-19)27-16(2)29/h4-10,14,18,28H,3,11-13,15H2,1-2H3,(H,26,27,29). The number of hydrogen-bond acceptors (Lipinski definition) is 4. The van der Waals surface area contributed by atoms with Gasteiger partial charge in [-0.1, -0.05) is 37.3 Å². The number of benzene rings is 1. The lowest BCUT2D eigenvalue weighted by molar-refractivity contribution is -0.114. The quantitative estimate of drug-likeness (QED) is 0.542. The Morgan fingerprint density at radius 1 is 1.23 bits per heavy atom. The Morgan fingerprint density at radius 3 is 2.77 bits per heavy atom. The fourth-order valence-corrected chi connectivity index (χ4v) is 5.08. The van der Waals surface area contributed by atoms with E-state index >= 15 is 0 Å². The number of carbonyl (C=O) groups excluding carboxylic acids is 2. The number of aromatic amines is 1. The van der Waals surface area contributed by atoms with Crippen molar-refractivity contribution in [3.8, 4) is 11.3 Å². The first-order valence-corrected chi connectivity index (χ1v) is 11.8. The summed E-state index contributed by atoms with van der Waals surface area (Å²) in [5.74, 6) is 3.01. The Labute approximate surface area is 187 Å². The van der Waals surface area contributed by atoms with Crippen molar-refractivity contribution in [2.24, 2.45) is 5.92 Å². The molecule has 160 valence electrons. The average molecular weight is 434 g/mol. The summed E-state index contributed by atoms with van der Waals surface area (Å²) in [6, 6.07) is 14.0. The van der Waals surface area contributed by atoms with Crippen LogP contribution in [0.25, 0.3) is 11.3 Å². The third-order valence-corrected chi connectivity index (χ3v) is 6.68. The van der Waals surface area contributed by atoms with Crippen molar-refractivity contribution in [2.75, 3.05) is 16.8 Å². The molecule has 2 heterocycles. The van der Waals surface area contributed by atoms with E-state index in [9.17, 15) is 9.59 Å². The van der Waals surface area contributed by atoms with E-state index in [0.717, 1.165) is 51.6 Å². The Kier molecular flexibility index (Phi) is 6.56. The van der Waals surface area contributed by atoms with Gasteiger partial charge in [0.25, 0.3) is 0 Å². The highest BCUT2D eigenvalue weighted by Gasteiger charge is 2.31. The van der Waals surface area contributed by atoms with Crippen molar-refractivity contribution < 1.29 is 9.59 Å². The average Bonchev–Trinajstić information content (AvgIpc) is 3.11. The number of carbonyl (C=O) groups is 2. The smallest absolute Gasteiger partial charge is 0.222 e. The first kappa shape index (κ1) is 21.4. The molecule has 5 nitrogen and oxygen atoms in total. The molecule has 1 aliphatic carbocycles. The maximum absolute atomic E-state index is 13.2. The molecule has 0 radical (unpaired) electrons. The molecule has 1 atom stereocenters. The van der Waals surface area contributed by atoms with Gasteiger partial charge in [0.15, 0.2) is 5.78 Å². The maximum Gasteiger partial charge on any atom is 0.222 e. The molecule has 31 heavy (non-hydrogen) atoms. The van der Waals surface area contributed by atoms with Crippen LogP contribution in [0.2, 0.25) is 0 Å². The molecule has 0 spiro atoms. The van der Waals surface area contributed by atoms with Gasteiger partial charge in [-0.25, -0.2) is 4.98 Å². The zero-order valence-corrected chi connectivity index (χ0v) is 18.7. The number of fused-ring (bicyclic) bond motifs is 1. The van der Waals surface area contributed by atoms with Crippen LogP contribution in [0, 0.1) is 5.92 Å². The second-order valence-corrected chi connectivity index (χ2v) is 9.28. The predicted octanol–water partition coefficient (Wildman–Crippen LogP) is 5.12. The molecule has 0 aliphatic heterocycles. The van der Waals surface area contributed by atoms with Gasteiger partial charge in [0.2, 0.25) is 5.91 Å². The number of H-pyrrole nitrogens is 1. The number of rotatable bonds is 7. The summed E-state index contributed by atoms with van der Waals surface area (Å²) in [5.41, 5.74) is 5.96. The predicted molar refractivity (Wildman–Crippen MR) is 127 cm³/mol. The highest BCUT2D eigenvalue weighted by Crippen LogP contribution is 2.37. The van der Waals surface area contributed by atoms with E-state index in [1.54, 1.807) is 6.20 Å². The number of nitrogens with one attached hydrogen (secondary N) is 2. The van der Waals surface area contributed by atoms with Crippen LogP contribution < -0.4 is 5.32 Å². The van der Waals surface area contributed by atoms with E-state index in [0.29, 0.717) is 24.6 Å². The Bertz CT molecular complexity index is 1090. The normalized spacial score (nSPS) is 15.5. The van der Waals surface area contributed by atoms with E-state index in [1.165, 1.54) is 6.92 Å². The summed E-state index contributed by atoms with van der Waals surface area (Å²) < 4.78 is 0. The number of amides is 1. The Balaban J connectivity index is 1.77. The van der Waals surface area contributed by atoms with Crippen LogP contribution in [-0.4, -0.2) is 33.2 Å². The Morgan fingerprint density at radius 2 is 2.03 bits per heavy atom. The highest BCUT2D eigenvalue weighted by molar-refractivity contribution is 7.99. The minimum Gasteiger partial charge on any atom is -0.358 e. The van der Waals surface area contributed by atoms with Crippen LogP contribution >= 0.6 is 11.8 Å². The van der Waals surface area contributed by atoms with Gasteiger partial charge in [-0.3, -0.25) is 9.59 Å². The summed E-state index contributed by atoms with van der Waals surface area (Å²) in [5, 5.41) is 2.75. The molecule has 1 amide bonds. The van der Waals surface area contributed by atoms with Crippen LogP contribution in [0.15, 0.2) is 48.7 Å². The highest BCUT2D eigenvalue weighted by atomic mass is 32.2. The maximum atomic E-state index is 13.2. The number of pyridine rings is 1. The molecule has 1 aromatic carbocycles. The largest absolute Gasteiger partial charge is 0.358 e. The number of ketones is 1. The molecule has 2 aromatic heterocycles. The number of aromatic nitrogens is 2. The van der Waals surface area contributed by atoms with Crippen LogP contribution in [0.3, 0.4) is 0 Å². The zero-order chi connectivity index (χ0) is 21.8. The van der Waals surface area contributed by atoms with Gasteiger partial charge in [-0.2, -0.15) is 11.8 Å². The third-order valence-electron chi connectivity index (χ3n) is 5.56. The molecule has 1 aliphatic rings.